The summed E-state index contributed by atoms with van der Waals surface area (Å²) in [5.74, 6) is 0.685. The minimum atomic E-state index is -4.58. The summed E-state index contributed by atoms with van der Waals surface area (Å²) in [4.78, 5) is 1.67. The maximum Gasteiger partial charge on any atom is 0.416 e. The Labute approximate surface area is 204 Å². The van der Waals surface area contributed by atoms with Crippen molar-refractivity contribution in [3.8, 4) is 11.5 Å². The molecule has 0 radical (unpaired) electrons. The molecule has 0 aliphatic heterocycles. The molecule has 7 heteroatoms. The highest BCUT2D eigenvalue weighted by atomic mass is 19.4. The summed E-state index contributed by atoms with van der Waals surface area (Å²) in [6.07, 6.45) is -5.35. The molecular weight excluding hydrogens is 458 g/mol. The Balaban J connectivity index is 1.93. The summed E-state index contributed by atoms with van der Waals surface area (Å²) in [5.41, 5.74) is 0.700. The third-order valence-electron chi connectivity index (χ3n) is 5.85. The largest absolute Gasteiger partial charge is 0.457 e. The van der Waals surface area contributed by atoms with E-state index in [0.717, 1.165) is 23.8 Å². The third kappa shape index (κ3) is 7.21. The molecule has 1 unspecified atom stereocenters. The Hall–Kier alpha value is -3.06. The Bertz CT molecular complexity index is 1130. The number of alkyl halides is 3. The quantitative estimate of drug-likeness (QED) is 0.312. The van der Waals surface area contributed by atoms with Crippen LogP contribution in [0.3, 0.4) is 0 Å². The lowest BCUT2D eigenvalue weighted by atomic mass is 10.0. The monoisotopic (exact) mass is 489 g/mol. The van der Waals surface area contributed by atoms with Gasteiger partial charge < -0.3 is 14.7 Å². The highest BCUT2D eigenvalue weighted by Crippen LogP contribution is 2.32. The normalized spacial score (nSPS) is 12.8. The molecule has 0 spiro atoms. The van der Waals surface area contributed by atoms with E-state index in [1.807, 2.05) is 38.1 Å². The molecule has 0 aliphatic carbocycles. The van der Waals surface area contributed by atoms with Gasteiger partial charge in [0, 0.05) is 30.4 Å². The molecule has 0 fully saturated rings. The molecular formula is C28H31F4NO2. The molecule has 188 valence electrons. The second-order valence-corrected chi connectivity index (χ2v) is 9.32. The molecule has 3 aromatic carbocycles. The van der Waals surface area contributed by atoms with Gasteiger partial charge in [-0.15, -0.1) is 0 Å². The Morgan fingerprint density at radius 2 is 1.54 bits per heavy atom. The zero-order valence-corrected chi connectivity index (χ0v) is 20.3. The van der Waals surface area contributed by atoms with Crippen LogP contribution in [0.25, 0.3) is 0 Å². The molecule has 0 heterocycles. The van der Waals surface area contributed by atoms with Crippen molar-refractivity contribution in [3.05, 3.63) is 89.2 Å². The number of rotatable bonds is 9. The zero-order chi connectivity index (χ0) is 25.8. The predicted molar refractivity (Wildman–Crippen MR) is 130 cm³/mol. The summed E-state index contributed by atoms with van der Waals surface area (Å²) in [6, 6.07) is 17.1. The molecule has 3 aromatic rings. The van der Waals surface area contributed by atoms with Crippen molar-refractivity contribution >= 4 is 5.69 Å². The number of nitrogens with zero attached hydrogens (tertiary/aromatic N) is 1. The second-order valence-electron chi connectivity index (χ2n) is 9.32. The predicted octanol–water partition coefficient (Wildman–Crippen LogP) is 7.78. The summed E-state index contributed by atoms with van der Waals surface area (Å²) in [7, 11) is 0. The third-order valence-corrected chi connectivity index (χ3v) is 5.85. The summed E-state index contributed by atoms with van der Waals surface area (Å²) in [6.45, 7) is 7.82. The smallest absolute Gasteiger partial charge is 0.416 e. The van der Waals surface area contributed by atoms with Crippen LogP contribution in [-0.4, -0.2) is 17.8 Å². The fraction of sp³-hybridized carbons (Fsp3) is 0.357. The van der Waals surface area contributed by atoms with Gasteiger partial charge in [0.25, 0.3) is 0 Å². The maximum absolute atomic E-state index is 14.5. The van der Waals surface area contributed by atoms with Crippen molar-refractivity contribution in [1.29, 1.82) is 0 Å². The molecule has 0 saturated carbocycles. The Morgan fingerprint density at radius 1 is 0.886 bits per heavy atom. The van der Waals surface area contributed by atoms with Crippen molar-refractivity contribution in [2.45, 2.75) is 52.4 Å². The van der Waals surface area contributed by atoms with Gasteiger partial charge in [0.15, 0.2) is 0 Å². The topological polar surface area (TPSA) is 32.7 Å². The van der Waals surface area contributed by atoms with Crippen molar-refractivity contribution in [2.24, 2.45) is 5.92 Å². The molecule has 35 heavy (non-hydrogen) atoms. The van der Waals surface area contributed by atoms with Gasteiger partial charge in [0.1, 0.15) is 17.3 Å². The first kappa shape index (κ1) is 26.5. The minimum absolute atomic E-state index is 0.0953. The lowest BCUT2D eigenvalue weighted by Crippen LogP contribution is -2.35. The van der Waals surface area contributed by atoms with Crippen LogP contribution in [-0.2, 0) is 12.7 Å². The molecule has 3 nitrogen and oxygen atoms in total. The van der Waals surface area contributed by atoms with Gasteiger partial charge in [-0.25, -0.2) is 4.39 Å². The average Bonchev–Trinajstić information content (AvgIpc) is 2.79. The number of benzene rings is 3. The van der Waals surface area contributed by atoms with Gasteiger partial charge in [-0.05, 0) is 59.9 Å². The van der Waals surface area contributed by atoms with E-state index in [9.17, 15) is 22.7 Å². The number of hydrogen-bond donors (Lipinski definition) is 1. The molecule has 1 N–H and O–H groups in total. The van der Waals surface area contributed by atoms with Crippen LogP contribution in [0.1, 0.15) is 50.3 Å². The number of ether oxygens (including phenoxy) is 1. The van der Waals surface area contributed by atoms with E-state index in [2.05, 4.69) is 13.8 Å². The lowest BCUT2D eigenvalue weighted by Gasteiger charge is -2.29. The van der Waals surface area contributed by atoms with E-state index >= 15 is 0 Å². The van der Waals surface area contributed by atoms with Crippen molar-refractivity contribution in [3.63, 3.8) is 0 Å². The summed E-state index contributed by atoms with van der Waals surface area (Å²) in [5, 5.41) is 10.5. The van der Waals surface area contributed by atoms with Crippen LogP contribution in [0.4, 0.5) is 23.2 Å². The minimum Gasteiger partial charge on any atom is -0.457 e. The van der Waals surface area contributed by atoms with Crippen LogP contribution in [0, 0.1) is 11.7 Å². The average molecular weight is 490 g/mol. The molecule has 0 saturated heterocycles. The number of halogens is 4. The van der Waals surface area contributed by atoms with Crippen molar-refractivity contribution < 1.29 is 27.4 Å². The first-order valence-corrected chi connectivity index (χ1v) is 11.6. The highest BCUT2D eigenvalue weighted by molar-refractivity contribution is 5.52. The molecule has 0 aromatic heterocycles. The first-order chi connectivity index (χ1) is 16.4. The summed E-state index contributed by atoms with van der Waals surface area (Å²) < 4.78 is 60.2. The zero-order valence-electron chi connectivity index (χ0n) is 20.3. The summed E-state index contributed by atoms with van der Waals surface area (Å²) >= 11 is 0. The van der Waals surface area contributed by atoms with Crippen LogP contribution >= 0.6 is 0 Å². The number of aliphatic hydroxyl groups excluding tert-OH is 1. The van der Waals surface area contributed by atoms with Crippen molar-refractivity contribution in [1.82, 2.24) is 0 Å². The van der Waals surface area contributed by atoms with Crippen LogP contribution in [0.5, 0.6) is 11.5 Å². The highest BCUT2D eigenvalue weighted by Gasteiger charge is 2.31. The Kier molecular flexibility index (Phi) is 8.43. The van der Waals surface area contributed by atoms with E-state index in [1.54, 1.807) is 29.2 Å². The Morgan fingerprint density at radius 3 is 2.17 bits per heavy atom. The molecule has 0 aliphatic rings. The van der Waals surface area contributed by atoms with E-state index in [1.165, 1.54) is 0 Å². The molecule has 0 amide bonds. The molecule has 1 atom stereocenters. The van der Waals surface area contributed by atoms with Crippen LogP contribution in [0.15, 0.2) is 66.7 Å². The van der Waals surface area contributed by atoms with Gasteiger partial charge in [-0.3, -0.25) is 0 Å². The number of hydrogen-bond acceptors (Lipinski definition) is 3. The van der Waals surface area contributed by atoms with E-state index < -0.39 is 23.7 Å². The lowest BCUT2D eigenvalue weighted by molar-refractivity contribution is -0.137. The molecule has 3 rings (SSSR count). The fourth-order valence-corrected chi connectivity index (χ4v) is 3.59. The van der Waals surface area contributed by atoms with E-state index in [-0.39, 0.29) is 24.6 Å². The first-order valence-electron chi connectivity index (χ1n) is 11.6. The van der Waals surface area contributed by atoms with Gasteiger partial charge >= 0.3 is 6.18 Å². The number of anilines is 1. The fourth-order valence-electron chi connectivity index (χ4n) is 3.59. The van der Waals surface area contributed by atoms with Crippen molar-refractivity contribution in [2.75, 3.05) is 11.4 Å². The van der Waals surface area contributed by atoms with Gasteiger partial charge in [0.05, 0.1) is 11.7 Å². The van der Waals surface area contributed by atoms with Crippen LogP contribution in [0.2, 0.25) is 0 Å². The standard InChI is InChI=1S/C28H31F4NO2/c1-18(2)20-7-5-9-24(14-20)35-25-10-6-8-23(15-25)33(17-27(34)19(3)4)16-21-13-22(28(30,31)32)11-12-26(21)29/h5-15,18-19,27,34H,16-17H2,1-4H3. The molecule has 0 bridgehead atoms. The van der Waals surface area contributed by atoms with Gasteiger partial charge in [0.2, 0.25) is 0 Å². The second kappa shape index (κ2) is 11.1. The van der Waals surface area contributed by atoms with Gasteiger partial charge in [-0.1, -0.05) is 45.9 Å². The maximum atomic E-state index is 14.5. The number of aliphatic hydroxyl groups is 1. The van der Waals surface area contributed by atoms with Crippen LogP contribution < -0.4 is 9.64 Å². The van der Waals surface area contributed by atoms with Gasteiger partial charge in [-0.2, -0.15) is 13.2 Å². The SMILES string of the molecule is CC(C)c1cccc(Oc2cccc(N(Cc3cc(C(F)(F)F)ccc3F)CC(O)C(C)C)c2)c1. The van der Waals surface area contributed by atoms with E-state index in [0.29, 0.717) is 23.1 Å². The van der Waals surface area contributed by atoms with E-state index in [4.69, 9.17) is 4.74 Å².